The Labute approximate surface area is 161 Å². The number of aromatic nitrogens is 4. The third-order valence-corrected chi connectivity index (χ3v) is 5.82. The predicted octanol–water partition coefficient (Wildman–Crippen LogP) is -1.37. The summed E-state index contributed by atoms with van der Waals surface area (Å²) in [5.74, 6) is 1.30. The van der Waals surface area contributed by atoms with Crippen LogP contribution in [0.3, 0.4) is 0 Å². The fourth-order valence-corrected chi connectivity index (χ4v) is 3.98. The molecular formula is C15H22N6O5Se. The van der Waals surface area contributed by atoms with Crippen LogP contribution in [0.25, 0.3) is 11.2 Å². The van der Waals surface area contributed by atoms with E-state index in [1.54, 1.807) is 0 Å². The Morgan fingerprint density at radius 2 is 2.19 bits per heavy atom. The van der Waals surface area contributed by atoms with Gasteiger partial charge < -0.3 is 5.73 Å². The van der Waals surface area contributed by atoms with Gasteiger partial charge in [0.25, 0.3) is 0 Å². The summed E-state index contributed by atoms with van der Waals surface area (Å²) in [4.78, 5) is 23.4. The summed E-state index contributed by atoms with van der Waals surface area (Å²) in [5.41, 5.74) is 6.51. The summed E-state index contributed by atoms with van der Waals surface area (Å²) in [6, 6.07) is -0.722. The Morgan fingerprint density at radius 1 is 1.41 bits per heavy atom. The van der Waals surface area contributed by atoms with Crippen LogP contribution in [0.15, 0.2) is 12.7 Å². The number of aliphatic carboxylic acids is 1. The second-order valence-corrected chi connectivity index (χ2v) is 8.28. The van der Waals surface area contributed by atoms with E-state index in [2.05, 4.69) is 20.3 Å². The number of hydrogen-bond acceptors (Lipinski definition) is 9. The first kappa shape index (κ1) is 19.9. The van der Waals surface area contributed by atoms with Gasteiger partial charge in [0.1, 0.15) is 0 Å². The van der Waals surface area contributed by atoms with E-state index in [1.807, 2.05) is 5.82 Å². The van der Waals surface area contributed by atoms with Crippen LogP contribution in [0.4, 0.5) is 5.82 Å². The summed E-state index contributed by atoms with van der Waals surface area (Å²) in [7, 11) is 0. The standard InChI is InChI=1S/C15H22N6O5Se/c1-27-3-2-7(15(24)25)17-4-8-10(22)11(23)14(26-8)21-6-20-9-12(16)18-5-19-13(9)21/h5-8,10-11,14,17,22-23H,2-4H2,1H3,(H,24,25)(H2,16,18,19)/t7?,8-,10-,11-,14-/m1/s1. The topological polar surface area (TPSA) is 169 Å². The first-order valence-electron chi connectivity index (χ1n) is 8.33. The first-order valence-corrected chi connectivity index (χ1v) is 11.3. The van der Waals surface area contributed by atoms with Crippen LogP contribution >= 0.6 is 0 Å². The van der Waals surface area contributed by atoms with E-state index in [1.165, 1.54) is 17.2 Å². The zero-order valence-corrected chi connectivity index (χ0v) is 16.3. The van der Waals surface area contributed by atoms with E-state index in [0.717, 1.165) is 5.32 Å². The molecule has 0 aromatic carbocycles. The number of nitrogen functional groups attached to an aromatic ring is 1. The van der Waals surface area contributed by atoms with Crippen molar-refractivity contribution in [3.8, 4) is 0 Å². The van der Waals surface area contributed by atoms with E-state index >= 15 is 0 Å². The van der Waals surface area contributed by atoms with Gasteiger partial charge in [0.15, 0.2) is 0 Å². The quantitative estimate of drug-likeness (QED) is 0.306. The van der Waals surface area contributed by atoms with E-state index < -0.39 is 36.6 Å². The maximum absolute atomic E-state index is 11.3. The number of fused-ring (bicyclic) bond motifs is 1. The molecule has 0 bridgehead atoms. The number of carbonyl (C=O) groups is 1. The summed E-state index contributed by atoms with van der Waals surface area (Å²) in [5, 5.41) is 33.8. The van der Waals surface area contributed by atoms with Crippen molar-refractivity contribution < 1.29 is 24.9 Å². The third-order valence-electron chi connectivity index (χ3n) is 4.47. The minimum absolute atomic E-state index is 0.0894. The van der Waals surface area contributed by atoms with Gasteiger partial charge in [-0.15, -0.1) is 0 Å². The molecule has 0 spiro atoms. The van der Waals surface area contributed by atoms with Crippen molar-refractivity contribution in [1.29, 1.82) is 0 Å². The summed E-state index contributed by atoms with van der Waals surface area (Å²) >= 11 is 0.381. The number of ether oxygens (including phenoxy) is 1. The Kier molecular flexibility index (Phi) is 6.25. The number of carboxylic acids is 1. The number of aliphatic hydroxyl groups excluding tert-OH is 2. The monoisotopic (exact) mass is 446 g/mol. The maximum atomic E-state index is 11.3. The average Bonchev–Trinajstić information content (AvgIpc) is 3.18. The van der Waals surface area contributed by atoms with E-state index in [4.69, 9.17) is 10.5 Å². The summed E-state index contributed by atoms with van der Waals surface area (Å²) in [6.45, 7) is 0.0894. The number of carboxylic acid groups (broad SMARTS) is 1. The molecule has 148 valence electrons. The molecule has 1 saturated heterocycles. The first-order chi connectivity index (χ1) is 12.9. The van der Waals surface area contributed by atoms with Crippen molar-refractivity contribution in [3.63, 3.8) is 0 Å². The number of nitrogens with two attached hydrogens (primary N) is 1. The second-order valence-electron chi connectivity index (χ2n) is 6.21. The molecule has 3 heterocycles. The number of nitrogens with one attached hydrogen (secondary N) is 1. The number of rotatable bonds is 8. The van der Waals surface area contributed by atoms with Crippen LogP contribution in [0.5, 0.6) is 0 Å². The Hall–Kier alpha value is -1.82. The van der Waals surface area contributed by atoms with Gasteiger partial charge in [-0.1, -0.05) is 0 Å². The van der Waals surface area contributed by atoms with Crippen molar-refractivity contribution >= 4 is 37.9 Å². The van der Waals surface area contributed by atoms with Crippen LogP contribution in [0, 0.1) is 0 Å². The van der Waals surface area contributed by atoms with Crippen molar-refractivity contribution in [2.24, 2.45) is 0 Å². The second kappa shape index (κ2) is 8.46. The van der Waals surface area contributed by atoms with Crippen LogP contribution in [-0.4, -0.2) is 86.7 Å². The molecule has 1 fully saturated rings. The molecule has 27 heavy (non-hydrogen) atoms. The molecule has 12 heteroatoms. The molecule has 6 N–H and O–H groups in total. The number of hydrogen-bond donors (Lipinski definition) is 5. The summed E-state index contributed by atoms with van der Waals surface area (Å²) in [6.07, 6.45) is -0.932. The number of imidazole rings is 1. The van der Waals surface area contributed by atoms with Gasteiger partial charge in [0.05, 0.1) is 0 Å². The molecule has 2 aromatic rings. The van der Waals surface area contributed by atoms with Gasteiger partial charge in [-0.25, -0.2) is 4.98 Å². The van der Waals surface area contributed by atoms with Crippen molar-refractivity contribution in [2.45, 2.75) is 48.1 Å². The van der Waals surface area contributed by atoms with Crippen LogP contribution < -0.4 is 11.1 Å². The van der Waals surface area contributed by atoms with E-state index in [0.29, 0.717) is 32.5 Å². The molecular weight excluding hydrogens is 423 g/mol. The predicted molar refractivity (Wildman–Crippen MR) is 96.1 cm³/mol. The van der Waals surface area contributed by atoms with Gasteiger partial charge in [-0.2, -0.15) is 0 Å². The molecule has 3 rings (SSSR count). The molecule has 0 saturated carbocycles. The normalized spacial score (nSPS) is 26.5. The summed E-state index contributed by atoms with van der Waals surface area (Å²) < 4.78 is 7.26. The fraction of sp³-hybridized carbons (Fsp3) is 0.600. The average molecular weight is 445 g/mol. The van der Waals surface area contributed by atoms with Gasteiger partial charge in [0.2, 0.25) is 0 Å². The zero-order valence-electron chi connectivity index (χ0n) is 14.6. The Morgan fingerprint density at radius 3 is 2.89 bits per heavy atom. The van der Waals surface area contributed by atoms with E-state index in [9.17, 15) is 20.1 Å². The molecule has 0 amide bonds. The Balaban J connectivity index is 1.71. The van der Waals surface area contributed by atoms with Gasteiger partial charge in [-0.3, -0.25) is 0 Å². The molecule has 1 aliphatic heterocycles. The number of anilines is 1. The van der Waals surface area contributed by atoms with Gasteiger partial charge >= 0.3 is 150 Å². The third kappa shape index (κ3) is 4.05. The molecule has 2 aromatic heterocycles. The van der Waals surface area contributed by atoms with E-state index in [-0.39, 0.29) is 12.4 Å². The Bertz CT molecular complexity index is 804. The van der Waals surface area contributed by atoms with Crippen LogP contribution in [0.2, 0.25) is 11.1 Å². The molecule has 0 aliphatic carbocycles. The molecule has 11 nitrogen and oxygen atoms in total. The van der Waals surface area contributed by atoms with Crippen molar-refractivity contribution in [2.75, 3.05) is 12.3 Å². The van der Waals surface area contributed by atoms with Crippen molar-refractivity contribution in [3.05, 3.63) is 12.7 Å². The fourth-order valence-electron chi connectivity index (χ4n) is 2.99. The van der Waals surface area contributed by atoms with Crippen LogP contribution in [-0.2, 0) is 9.53 Å². The minimum atomic E-state index is -1.23. The molecule has 1 unspecified atom stereocenters. The van der Waals surface area contributed by atoms with Gasteiger partial charge in [0, 0.05) is 0 Å². The number of nitrogens with zero attached hydrogens (tertiary/aromatic N) is 4. The van der Waals surface area contributed by atoms with Crippen LogP contribution in [0.1, 0.15) is 12.6 Å². The van der Waals surface area contributed by atoms with Crippen molar-refractivity contribution in [1.82, 2.24) is 24.8 Å². The number of aliphatic hydroxyl groups is 2. The SMILES string of the molecule is C[Se]CCC(NC[C@H]1O[C@@H](n2cnc3c(N)ncnc32)[C@H](O)[C@@H]1O)C(=O)O. The molecule has 5 atom stereocenters. The molecule has 1 aliphatic rings. The molecule has 0 radical (unpaired) electrons. The zero-order chi connectivity index (χ0) is 19.6. The van der Waals surface area contributed by atoms with Gasteiger partial charge in [-0.05, 0) is 0 Å².